The quantitative estimate of drug-likeness (QED) is 0.141. The molecule has 0 unspecified atom stereocenters. The summed E-state index contributed by atoms with van der Waals surface area (Å²) < 4.78 is 5.38. The van der Waals surface area contributed by atoms with Crippen LogP contribution in [0, 0.1) is 5.41 Å². The minimum Gasteiger partial charge on any atom is -0.478 e. The van der Waals surface area contributed by atoms with Crippen LogP contribution in [-0.4, -0.2) is 34.7 Å². The molecule has 0 aromatic heterocycles. The van der Waals surface area contributed by atoms with Crippen molar-refractivity contribution in [2.75, 3.05) is 6.61 Å². The molecule has 0 aliphatic heterocycles. The Bertz CT molecular complexity index is 759. The van der Waals surface area contributed by atoms with Gasteiger partial charge in [0, 0.05) is 0 Å². The van der Waals surface area contributed by atoms with Crippen LogP contribution >= 0.6 is 0 Å². The minimum absolute atomic E-state index is 0.115. The van der Waals surface area contributed by atoms with Crippen molar-refractivity contribution in [2.45, 2.75) is 117 Å². The van der Waals surface area contributed by atoms with Crippen LogP contribution in [0.25, 0.3) is 0 Å². The first-order chi connectivity index (χ1) is 16.8. The van der Waals surface area contributed by atoms with Crippen LogP contribution in [0.2, 0.25) is 0 Å². The van der Waals surface area contributed by atoms with E-state index in [1.54, 1.807) is 0 Å². The van der Waals surface area contributed by atoms with E-state index < -0.39 is 17.9 Å². The van der Waals surface area contributed by atoms with Crippen LogP contribution in [-0.2, 0) is 4.74 Å². The van der Waals surface area contributed by atoms with Crippen molar-refractivity contribution in [3.05, 3.63) is 34.9 Å². The van der Waals surface area contributed by atoms with Gasteiger partial charge < -0.3 is 14.9 Å². The molecule has 0 bridgehead atoms. The zero-order valence-corrected chi connectivity index (χ0v) is 22.1. The number of unbranched alkanes of at least 4 members (excludes halogenated alkanes) is 7. The normalized spacial score (nSPS) is 11.4. The lowest BCUT2D eigenvalue weighted by Crippen LogP contribution is -2.22. The van der Waals surface area contributed by atoms with Crippen LogP contribution in [0.1, 0.15) is 148 Å². The summed E-state index contributed by atoms with van der Waals surface area (Å²) in [6, 6.07) is 3.44. The van der Waals surface area contributed by atoms with Crippen molar-refractivity contribution in [2.24, 2.45) is 5.41 Å². The van der Waals surface area contributed by atoms with Crippen molar-refractivity contribution < 1.29 is 29.3 Å². The molecule has 0 saturated carbocycles. The molecule has 0 amide bonds. The lowest BCUT2D eigenvalue weighted by atomic mass is 9.71. The van der Waals surface area contributed by atoms with E-state index in [0.717, 1.165) is 25.3 Å². The second kappa shape index (κ2) is 17.1. The molecule has 0 spiro atoms. The summed E-state index contributed by atoms with van der Waals surface area (Å²) in [5, 5.41) is 18.5. The molecule has 0 radical (unpaired) electrons. The van der Waals surface area contributed by atoms with E-state index in [4.69, 9.17) is 9.84 Å². The topological polar surface area (TPSA) is 101 Å². The Hall–Kier alpha value is -2.37. The molecular weight excluding hydrogens is 444 g/mol. The average Bonchev–Trinajstić information content (AvgIpc) is 2.83. The monoisotopic (exact) mass is 490 g/mol. The number of hydrogen-bond donors (Lipinski definition) is 2. The molecule has 1 aromatic carbocycles. The molecule has 0 saturated heterocycles. The van der Waals surface area contributed by atoms with Gasteiger partial charge in [0.15, 0.2) is 0 Å². The van der Waals surface area contributed by atoms with Gasteiger partial charge in [-0.05, 0) is 62.1 Å². The number of carbonyl (C=O) groups excluding carboxylic acids is 1. The Morgan fingerprint density at radius 2 is 1.17 bits per heavy atom. The fourth-order valence-electron chi connectivity index (χ4n) is 4.88. The maximum absolute atomic E-state index is 12.5. The predicted molar refractivity (Wildman–Crippen MR) is 139 cm³/mol. The first-order valence-electron chi connectivity index (χ1n) is 13.6. The van der Waals surface area contributed by atoms with Gasteiger partial charge in [0.2, 0.25) is 0 Å². The zero-order chi connectivity index (χ0) is 26.1. The Kier molecular flexibility index (Phi) is 15.0. The van der Waals surface area contributed by atoms with Crippen molar-refractivity contribution in [3.63, 3.8) is 0 Å². The number of ether oxygens (including phenoxy) is 1. The maximum Gasteiger partial charge on any atom is 0.339 e. The summed E-state index contributed by atoms with van der Waals surface area (Å²) in [4.78, 5) is 35.1. The highest BCUT2D eigenvalue weighted by molar-refractivity contribution is 6.04. The molecule has 198 valence electrons. The molecule has 6 nitrogen and oxygen atoms in total. The predicted octanol–water partition coefficient (Wildman–Crippen LogP) is 8.14. The molecule has 35 heavy (non-hydrogen) atoms. The summed E-state index contributed by atoms with van der Waals surface area (Å²) in [5.74, 6) is -3.32. The highest BCUT2D eigenvalue weighted by Crippen LogP contribution is 2.41. The molecule has 2 N–H and O–H groups in total. The van der Waals surface area contributed by atoms with E-state index in [1.807, 2.05) is 0 Å². The van der Waals surface area contributed by atoms with E-state index in [0.29, 0.717) is 5.41 Å². The third kappa shape index (κ3) is 11.3. The first kappa shape index (κ1) is 30.7. The highest BCUT2D eigenvalue weighted by atomic mass is 16.5. The van der Waals surface area contributed by atoms with Gasteiger partial charge in [0.05, 0.1) is 23.3 Å². The summed E-state index contributed by atoms with van der Waals surface area (Å²) >= 11 is 0. The van der Waals surface area contributed by atoms with Gasteiger partial charge in [-0.25, -0.2) is 14.4 Å². The third-order valence-corrected chi connectivity index (χ3v) is 6.98. The second-order valence-corrected chi connectivity index (χ2v) is 9.84. The van der Waals surface area contributed by atoms with Crippen LogP contribution in [0.3, 0.4) is 0 Å². The van der Waals surface area contributed by atoms with Gasteiger partial charge in [-0.1, -0.05) is 78.6 Å². The third-order valence-electron chi connectivity index (χ3n) is 6.98. The number of carbonyl (C=O) groups is 3. The number of rotatable bonds is 20. The van der Waals surface area contributed by atoms with Crippen molar-refractivity contribution in [1.29, 1.82) is 0 Å². The molecule has 1 aromatic rings. The number of hydrogen-bond acceptors (Lipinski definition) is 4. The highest BCUT2D eigenvalue weighted by Gasteiger charge is 2.28. The first-order valence-corrected chi connectivity index (χ1v) is 13.6. The molecule has 6 heteroatoms. The van der Waals surface area contributed by atoms with Crippen LogP contribution in [0.15, 0.2) is 18.2 Å². The maximum atomic E-state index is 12.5. The Balaban J connectivity index is 2.73. The minimum atomic E-state index is -1.35. The number of benzene rings is 1. The Labute approximate surface area is 211 Å². The standard InChI is InChI=1S/C29H46O6/c1-4-7-10-17-29(18-11-8-5-2,19-12-9-6-3)20-13-14-21-35-28(34)24-16-15-23(26(30)31)22-25(24)27(32)33/h15-16,22H,4-14,17-21H2,1-3H3,(H,30,31)(H,32,33). The lowest BCUT2D eigenvalue weighted by Gasteiger charge is -2.35. The summed E-state index contributed by atoms with van der Waals surface area (Å²) in [6.07, 6.45) is 18.0. The fraction of sp³-hybridized carbons (Fsp3) is 0.690. The van der Waals surface area contributed by atoms with Gasteiger partial charge in [0.25, 0.3) is 0 Å². The van der Waals surface area contributed by atoms with Gasteiger partial charge >= 0.3 is 17.9 Å². The summed E-state index contributed by atoms with van der Waals surface area (Å²) in [7, 11) is 0. The molecule has 0 fully saturated rings. The molecule has 0 atom stereocenters. The molecule has 0 aliphatic rings. The Morgan fingerprint density at radius 3 is 1.60 bits per heavy atom. The van der Waals surface area contributed by atoms with Crippen LogP contribution in [0.5, 0.6) is 0 Å². The van der Waals surface area contributed by atoms with Gasteiger partial charge in [-0.15, -0.1) is 0 Å². The van der Waals surface area contributed by atoms with Crippen molar-refractivity contribution in [1.82, 2.24) is 0 Å². The van der Waals surface area contributed by atoms with E-state index in [9.17, 15) is 19.5 Å². The summed E-state index contributed by atoms with van der Waals surface area (Å²) in [5.41, 5.74) is -0.274. The number of carboxylic acid groups (broad SMARTS) is 2. The van der Waals surface area contributed by atoms with E-state index >= 15 is 0 Å². The van der Waals surface area contributed by atoms with Gasteiger partial charge in [0.1, 0.15) is 0 Å². The number of carboxylic acids is 2. The van der Waals surface area contributed by atoms with E-state index in [2.05, 4.69) is 20.8 Å². The van der Waals surface area contributed by atoms with Crippen molar-refractivity contribution in [3.8, 4) is 0 Å². The van der Waals surface area contributed by atoms with Gasteiger partial charge in [-0.3, -0.25) is 0 Å². The molecule has 0 heterocycles. The van der Waals surface area contributed by atoms with Gasteiger partial charge in [-0.2, -0.15) is 0 Å². The SMILES string of the molecule is CCCCCC(CCCCC)(CCCCC)CCCCOC(=O)c1ccc(C(=O)O)cc1C(=O)O. The van der Waals surface area contributed by atoms with Crippen LogP contribution < -0.4 is 0 Å². The van der Waals surface area contributed by atoms with E-state index in [-0.39, 0.29) is 23.3 Å². The smallest absolute Gasteiger partial charge is 0.339 e. The molecule has 1 rings (SSSR count). The fourth-order valence-corrected chi connectivity index (χ4v) is 4.88. The van der Waals surface area contributed by atoms with Crippen LogP contribution in [0.4, 0.5) is 0 Å². The van der Waals surface area contributed by atoms with E-state index in [1.165, 1.54) is 89.2 Å². The molecular formula is C29H46O6. The largest absolute Gasteiger partial charge is 0.478 e. The lowest BCUT2D eigenvalue weighted by molar-refractivity contribution is 0.0480. The Morgan fingerprint density at radius 1 is 0.686 bits per heavy atom. The average molecular weight is 491 g/mol. The molecule has 0 aliphatic carbocycles. The summed E-state index contributed by atoms with van der Waals surface area (Å²) in [6.45, 7) is 6.97. The number of esters is 1. The van der Waals surface area contributed by atoms with Crippen molar-refractivity contribution >= 4 is 17.9 Å². The second-order valence-electron chi connectivity index (χ2n) is 9.84. The zero-order valence-electron chi connectivity index (χ0n) is 22.1. The number of aromatic carboxylic acids is 2.